The number of ether oxygens (including phenoxy) is 1. The Morgan fingerprint density at radius 1 is 1.27 bits per heavy atom. The van der Waals surface area contributed by atoms with Crippen LogP contribution in [0.5, 0.6) is 0 Å². The third-order valence-corrected chi connectivity index (χ3v) is 5.22. The van der Waals surface area contributed by atoms with Crippen molar-refractivity contribution in [2.45, 2.75) is 83.4 Å². The van der Waals surface area contributed by atoms with E-state index in [4.69, 9.17) is 4.74 Å². The predicted molar refractivity (Wildman–Crippen MR) is 94.1 cm³/mol. The number of urea groups is 1. The smallest absolute Gasteiger partial charge is 0.327 e. The van der Waals surface area contributed by atoms with Crippen molar-refractivity contribution in [3.8, 4) is 0 Å². The second-order valence-corrected chi connectivity index (χ2v) is 7.34. The van der Waals surface area contributed by atoms with Gasteiger partial charge in [0.1, 0.15) is 12.1 Å². The fourth-order valence-corrected chi connectivity index (χ4v) is 3.29. The summed E-state index contributed by atoms with van der Waals surface area (Å²) < 4.78 is 5.12. The average Bonchev–Trinajstić information content (AvgIpc) is 2.79. The molecule has 2 rings (SSSR count). The summed E-state index contributed by atoms with van der Waals surface area (Å²) in [5.41, 5.74) is -1.00. The first-order valence-electron chi connectivity index (χ1n) is 9.41. The zero-order valence-electron chi connectivity index (χ0n) is 15.8. The van der Waals surface area contributed by atoms with Crippen LogP contribution >= 0.6 is 0 Å². The van der Waals surface area contributed by atoms with E-state index in [9.17, 15) is 19.2 Å². The molecule has 1 saturated carbocycles. The Balaban J connectivity index is 1.84. The summed E-state index contributed by atoms with van der Waals surface area (Å²) in [6.07, 6.45) is 5.85. The largest absolute Gasteiger partial charge is 0.451 e. The van der Waals surface area contributed by atoms with Crippen LogP contribution in [0.25, 0.3) is 0 Å². The zero-order chi connectivity index (χ0) is 19.3. The van der Waals surface area contributed by atoms with Crippen LogP contribution in [0.3, 0.4) is 0 Å². The standard InChI is InChI=1S/C18H29N3O5/c1-4-18(3)16(24)21(17(25)20-18)11-14(22)26-12(2)15(23)19-13-9-7-5-6-8-10-13/h12-13H,4-11H2,1-3H3,(H,19,23)(H,20,25)/t12-,18+/m1/s1. The van der Waals surface area contributed by atoms with Crippen LogP contribution in [-0.4, -0.2) is 52.9 Å². The van der Waals surface area contributed by atoms with Gasteiger partial charge >= 0.3 is 12.0 Å². The molecule has 8 heteroatoms. The maximum absolute atomic E-state index is 12.3. The number of esters is 1. The van der Waals surface area contributed by atoms with Crippen LogP contribution in [0.1, 0.15) is 65.7 Å². The number of imide groups is 1. The molecule has 1 saturated heterocycles. The van der Waals surface area contributed by atoms with Crippen molar-refractivity contribution in [1.29, 1.82) is 0 Å². The van der Waals surface area contributed by atoms with Crippen LogP contribution < -0.4 is 10.6 Å². The van der Waals surface area contributed by atoms with Gasteiger partial charge in [-0.3, -0.25) is 19.3 Å². The number of nitrogens with zero attached hydrogens (tertiary/aromatic N) is 1. The highest BCUT2D eigenvalue weighted by molar-refractivity contribution is 6.08. The molecule has 0 spiro atoms. The van der Waals surface area contributed by atoms with Gasteiger partial charge in [-0.25, -0.2) is 4.79 Å². The molecule has 4 amide bonds. The van der Waals surface area contributed by atoms with Crippen molar-refractivity contribution in [3.63, 3.8) is 0 Å². The van der Waals surface area contributed by atoms with Crippen LogP contribution in [-0.2, 0) is 19.1 Å². The van der Waals surface area contributed by atoms with Gasteiger partial charge in [0.25, 0.3) is 11.8 Å². The number of amides is 4. The zero-order valence-corrected chi connectivity index (χ0v) is 15.8. The highest BCUT2D eigenvalue weighted by Gasteiger charge is 2.47. The van der Waals surface area contributed by atoms with Crippen molar-refractivity contribution in [2.75, 3.05) is 6.54 Å². The highest BCUT2D eigenvalue weighted by atomic mass is 16.5. The molecule has 1 aliphatic carbocycles. The van der Waals surface area contributed by atoms with Crippen molar-refractivity contribution >= 4 is 23.8 Å². The first-order valence-corrected chi connectivity index (χ1v) is 9.41. The van der Waals surface area contributed by atoms with E-state index >= 15 is 0 Å². The Hall–Kier alpha value is -2.12. The van der Waals surface area contributed by atoms with Crippen molar-refractivity contribution in [2.24, 2.45) is 0 Å². The second kappa shape index (κ2) is 8.51. The quantitative estimate of drug-likeness (QED) is 0.420. The Morgan fingerprint density at radius 3 is 2.42 bits per heavy atom. The Kier molecular flexibility index (Phi) is 6.61. The molecular weight excluding hydrogens is 338 g/mol. The van der Waals surface area contributed by atoms with Gasteiger partial charge in [0.2, 0.25) is 0 Å². The fraction of sp³-hybridized carbons (Fsp3) is 0.778. The Bertz CT molecular complexity index is 571. The topological polar surface area (TPSA) is 105 Å². The normalized spacial score (nSPS) is 25.4. The minimum Gasteiger partial charge on any atom is -0.451 e. The molecule has 0 bridgehead atoms. The lowest BCUT2D eigenvalue weighted by molar-refractivity contribution is -0.156. The van der Waals surface area contributed by atoms with E-state index in [-0.39, 0.29) is 11.9 Å². The minimum atomic E-state index is -1.00. The van der Waals surface area contributed by atoms with Gasteiger partial charge in [-0.1, -0.05) is 32.6 Å². The van der Waals surface area contributed by atoms with E-state index < -0.39 is 36.1 Å². The molecule has 0 aromatic rings. The minimum absolute atomic E-state index is 0.113. The lowest BCUT2D eigenvalue weighted by Gasteiger charge is -2.21. The summed E-state index contributed by atoms with van der Waals surface area (Å²) in [6, 6.07) is -0.505. The molecule has 0 unspecified atom stereocenters. The molecule has 0 radical (unpaired) electrons. The van der Waals surface area contributed by atoms with Gasteiger partial charge in [0, 0.05) is 6.04 Å². The number of hydrogen-bond donors (Lipinski definition) is 2. The number of rotatable bonds is 6. The second-order valence-electron chi connectivity index (χ2n) is 7.34. The third-order valence-electron chi connectivity index (χ3n) is 5.22. The summed E-state index contributed by atoms with van der Waals surface area (Å²) in [4.78, 5) is 49.3. The molecule has 26 heavy (non-hydrogen) atoms. The molecule has 0 aromatic carbocycles. The summed E-state index contributed by atoms with van der Waals surface area (Å²) in [6.45, 7) is 4.38. The molecule has 1 heterocycles. The summed E-state index contributed by atoms with van der Waals surface area (Å²) in [5, 5.41) is 5.49. The van der Waals surface area contributed by atoms with Crippen LogP contribution in [0.15, 0.2) is 0 Å². The van der Waals surface area contributed by atoms with Gasteiger partial charge in [-0.2, -0.15) is 0 Å². The highest BCUT2D eigenvalue weighted by Crippen LogP contribution is 2.21. The van der Waals surface area contributed by atoms with Gasteiger partial charge in [-0.05, 0) is 33.1 Å². The van der Waals surface area contributed by atoms with Crippen LogP contribution in [0.2, 0.25) is 0 Å². The monoisotopic (exact) mass is 367 g/mol. The SMILES string of the molecule is CC[C@]1(C)NC(=O)N(CC(=O)O[C@H](C)C(=O)NC2CCCCCC2)C1=O. The van der Waals surface area contributed by atoms with Gasteiger partial charge < -0.3 is 15.4 Å². The van der Waals surface area contributed by atoms with E-state index in [1.807, 2.05) is 0 Å². The third kappa shape index (κ3) is 4.74. The summed E-state index contributed by atoms with van der Waals surface area (Å²) in [5.74, 6) is -1.59. The number of carbonyl (C=O) groups excluding carboxylic acids is 4. The molecule has 2 fully saturated rings. The summed E-state index contributed by atoms with van der Waals surface area (Å²) >= 11 is 0. The van der Waals surface area contributed by atoms with E-state index in [1.165, 1.54) is 19.8 Å². The van der Waals surface area contributed by atoms with Crippen molar-refractivity contribution in [3.05, 3.63) is 0 Å². The first-order chi connectivity index (χ1) is 12.3. The van der Waals surface area contributed by atoms with Gasteiger partial charge in [0.15, 0.2) is 6.10 Å². The molecule has 1 aliphatic heterocycles. The molecule has 2 N–H and O–H groups in total. The average molecular weight is 367 g/mol. The lowest BCUT2D eigenvalue weighted by atomic mass is 9.99. The first kappa shape index (κ1) is 20.2. The molecule has 0 aromatic heterocycles. The van der Waals surface area contributed by atoms with E-state index in [0.717, 1.165) is 30.6 Å². The summed E-state index contributed by atoms with van der Waals surface area (Å²) in [7, 11) is 0. The molecule has 2 atom stereocenters. The Morgan fingerprint density at radius 2 is 1.88 bits per heavy atom. The van der Waals surface area contributed by atoms with Crippen molar-refractivity contribution in [1.82, 2.24) is 15.5 Å². The number of nitrogens with one attached hydrogen (secondary N) is 2. The predicted octanol–water partition coefficient (Wildman–Crippen LogP) is 1.48. The maximum Gasteiger partial charge on any atom is 0.327 e. The van der Waals surface area contributed by atoms with Crippen molar-refractivity contribution < 1.29 is 23.9 Å². The number of hydrogen-bond acceptors (Lipinski definition) is 5. The molecule has 146 valence electrons. The van der Waals surface area contributed by atoms with E-state index in [1.54, 1.807) is 13.8 Å². The maximum atomic E-state index is 12.3. The van der Waals surface area contributed by atoms with E-state index in [2.05, 4.69) is 10.6 Å². The fourth-order valence-electron chi connectivity index (χ4n) is 3.29. The van der Waals surface area contributed by atoms with Gasteiger partial charge in [0.05, 0.1) is 0 Å². The molecular formula is C18H29N3O5. The Labute approximate surface area is 154 Å². The van der Waals surface area contributed by atoms with Crippen LogP contribution in [0, 0.1) is 0 Å². The molecule has 8 nitrogen and oxygen atoms in total. The molecule has 2 aliphatic rings. The number of carbonyl (C=O) groups is 4. The van der Waals surface area contributed by atoms with E-state index in [0.29, 0.717) is 6.42 Å². The van der Waals surface area contributed by atoms with Gasteiger partial charge in [-0.15, -0.1) is 0 Å². The van der Waals surface area contributed by atoms with Crippen LogP contribution in [0.4, 0.5) is 4.79 Å². The lowest BCUT2D eigenvalue weighted by Crippen LogP contribution is -2.45.